The fourth-order valence-corrected chi connectivity index (χ4v) is 1.44. The van der Waals surface area contributed by atoms with Crippen LogP contribution in [-0.4, -0.2) is 24.3 Å². The molecule has 0 saturated carbocycles. The predicted octanol–water partition coefficient (Wildman–Crippen LogP) is 2.95. The van der Waals surface area contributed by atoms with Gasteiger partial charge >= 0.3 is 5.97 Å². The monoisotopic (exact) mass is 252 g/mol. The number of aromatic carboxylic acids is 1. The summed E-state index contributed by atoms with van der Waals surface area (Å²) < 4.78 is 10.9. The Bertz CT molecular complexity index is 412. The number of rotatable bonds is 6. The molecule has 0 aromatic heterocycles. The van der Waals surface area contributed by atoms with Crippen molar-refractivity contribution in [3.63, 3.8) is 0 Å². The number of hydrogen-bond acceptors (Lipinski definition) is 3. The van der Waals surface area contributed by atoms with E-state index in [1.54, 1.807) is 19.2 Å². The quantitative estimate of drug-likeness (QED) is 0.845. The molecule has 0 aliphatic carbocycles. The van der Waals surface area contributed by atoms with Crippen molar-refractivity contribution in [1.29, 1.82) is 0 Å². The van der Waals surface area contributed by atoms with E-state index in [1.807, 2.05) is 6.92 Å². The predicted molar refractivity (Wildman–Crippen MR) is 69.0 cm³/mol. The molecule has 100 valence electrons. The molecule has 4 heteroatoms. The SMILES string of the molecule is COc1ccc(C(=O)O)cc1COC(C)C(C)C. The number of hydrogen-bond donors (Lipinski definition) is 1. The van der Waals surface area contributed by atoms with E-state index in [1.165, 1.54) is 6.07 Å². The first kappa shape index (κ1) is 14.5. The molecule has 0 aliphatic heterocycles. The van der Waals surface area contributed by atoms with Gasteiger partial charge in [0.05, 0.1) is 25.4 Å². The van der Waals surface area contributed by atoms with Crippen LogP contribution in [0.1, 0.15) is 36.7 Å². The van der Waals surface area contributed by atoms with Gasteiger partial charge in [-0.2, -0.15) is 0 Å². The minimum absolute atomic E-state index is 0.114. The summed E-state index contributed by atoms with van der Waals surface area (Å²) in [6.07, 6.45) is 0.114. The molecule has 1 aromatic carbocycles. The van der Waals surface area contributed by atoms with E-state index in [4.69, 9.17) is 14.6 Å². The molecule has 0 fully saturated rings. The van der Waals surface area contributed by atoms with Crippen molar-refractivity contribution in [1.82, 2.24) is 0 Å². The van der Waals surface area contributed by atoms with Crippen molar-refractivity contribution < 1.29 is 19.4 Å². The Morgan fingerprint density at radius 3 is 2.50 bits per heavy atom. The Morgan fingerprint density at radius 2 is 2.00 bits per heavy atom. The number of methoxy groups -OCH3 is 1. The van der Waals surface area contributed by atoms with E-state index in [0.717, 1.165) is 5.56 Å². The topological polar surface area (TPSA) is 55.8 Å². The van der Waals surface area contributed by atoms with Gasteiger partial charge in [0.25, 0.3) is 0 Å². The lowest BCUT2D eigenvalue weighted by Gasteiger charge is -2.18. The first-order valence-corrected chi connectivity index (χ1v) is 5.97. The fourth-order valence-electron chi connectivity index (χ4n) is 1.44. The molecular formula is C14H20O4. The Morgan fingerprint density at radius 1 is 1.33 bits per heavy atom. The van der Waals surface area contributed by atoms with Crippen molar-refractivity contribution in [3.05, 3.63) is 29.3 Å². The van der Waals surface area contributed by atoms with Gasteiger partial charge in [-0.15, -0.1) is 0 Å². The molecule has 0 saturated heterocycles. The lowest BCUT2D eigenvalue weighted by atomic mass is 10.1. The molecule has 1 unspecified atom stereocenters. The molecule has 1 aromatic rings. The van der Waals surface area contributed by atoms with Gasteiger partial charge in [-0.25, -0.2) is 4.79 Å². The van der Waals surface area contributed by atoms with Crippen LogP contribution in [0.3, 0.4) is 0 Å². The lowest BCUT2D eigenvalue weighted by molar-refractivity contribution is 0.0226. The molecule has 1 atom stereocenters. The van der Waals surface area contributed by atoms with Crippen molar-refractivity contribution in [2.45, 2.75) is 33.5 Å². The van der Waals surface area contributed by atoms with Crippen LogP contribution in [-0.2, 0) is 11.3 Å². The minimum atomic E-state index is -0.948. The zero-order valence-electron chi connectivity index (χ0n) is 11.3. The van der Waals surface area contributed by atoms with E-state index < -0.39 is 5.97 Å². The van der Waals surface area contributed by atoms with Gasteiger partial charge in [-0.1, -0.05) is 13.8 Å². The highest BCUT2D eigenvalue weighted by Gasteiger charge is 2.12. The average Bonchev–Trinajstić information content (AvgIpc) is 2.35. The summed E-state index contributed by atoms with van der Waals surface area (Å²) in [5.74, 6) is 0.116. The molecule has 0 heterocycles. The maximum absolute atomic E-state index is 10.9. The summed E-state index contributed by atoms with van der Waals surface area (Å²) in [5.41, 5.74) is 0.997. The molecule has 0 spiro atoms. The molecule has 0 radical (unpaired) electrons. The summed E-state index contributed by atoms with van der Waals surface area (Å²) in [7, 11) is 1.56. The van der Waals surface area contributed by atoms with Gasteiger partial charge < -0.3 is 14.6 Å². The zero-order valence-corrected chi connectivity index (χ0v) is 11.3. The van der Waals surface area contributed by atoms with Crippen molar-refractivity contribution in [3.8, 4) is 5.75 Å². The molecule has 0 amide bonds. The summed E-state index contributed by atoms with van der Waals surface area (Å²) in [6, 6.07) is 4.77. The highest BCUT2D eigenvalue weighted by Crippen LogP contribution is 2.22. The third-order valence-electron chi connectivity index (χ3n) is 2.97. The third kappa shape index (κ3) is 3.74. The molecule has 0 aliphatic rings. The van der Waals surface area contributed by atoms with Gasteiger partial charge in [0.1, 0.15) is 5.75 Å². The second-order valence-corrected chi connectivity index (χ2v) is 4.59. The van der Waals surface area contributed by atoms with E-state index in [2.05, 4.69) is 13.8 Å². The largest absolute Gasteiger partial charge is 0.496 e. The van der Waals surface area contributed by atoms with Crippen LogP contribution in [0.5, 0.6) is 5.75 Å². The molecule has 4 nitrogen and oxygen atoms in total. The maximum Gasteiger partial charge on any atom is 0.335 e. The number of ether oxygens (including phenoxy) is 2. The summed E-state index contributed by atoms with van der Waals surface area (Å²) >= 11 is 0. The van der Waals surface area contributed by atoms with Gasteiger partial charge in [0.15, 0.2) is 0 Å². The highest BCUT2D eigenvalue weighted by molar-refractivity contribution is 5.88. The summed E-state index contributed by atoms with van der Waals surface area (Å²) in [4.78, 5) is 10.9. The fraction of sp³-hybridized carbons (Fsp3) is 0.500. The van der Waals surface area contributed by atoms with Crippen LogP contribution < -0.4 is 4.74 Å². The molecule has 1 rings (SSSR count). The maximum atomic E-state index is 10.9. The van der Waals surface area contributed by atoms with Crippen LogP contribution in [0.2, 0.25) is 0 Å². The normalized spacial score (nSPS) is 12.5. The molecule has 0 bridgehead atoms. The van der Waals surface area contributed by atoms with Crippen molar-refractivity contribution in [2.75, 3.05) is 7.11 Å². The lowest BCUT2D eigenvalue weighted by Crippen LogP contribution is -2.15. The Balaban J connectivity index is 2.84. The van der Waals surface area contributed by atoms with Gasteiger partial charge in [-0.3, -0.25) is 0 Å². The highest BCUT2D eigenvalue weighted by atomic mass is 16.5. The second kappa shape index (κ2) is 6.40. The van der Waals surface area contributed by atoms with Crippen molar-refractivity contribution >= 4 is 5.97 Å². The first-order chi connectivity index (χ1) is 8.45. The standard InChI is InChI=1S/C14H20O4/c1-9(2)10(3)18-8-12-7-11(14(15)16)5-6-13(12)17-4/h5-7,9-10H,8H2,1-4H3,(H,15,16). The van der Waals surface area contributed by atoms with Crippen LogP contribution in [0.15, 0.2) is 18.2 Å². The van der Waals surface area contributed by atoms with Crippen LogP contribution in [0, 0.1) is 5.92 Å². The molecule has 18 heavy (non-hydrogen) atoms. The molecular weight excluding hydrogens is 232 g/mol. The summed E-state index contributed by atoms with van der Waals surface area (Å²) in [6.45, 7) is 6.51. The minimum Gasteiger partial charge on any atom is -0.496 e. The number of carboxylic acid groups (broad SMARTS) is 1. The smallest absolute Gasteiger partial charge is 0.335 e. The number of benzene rings is 1. The van der Waals surface area contributed by atoms with E-state index in [0.29, 0.717) is 18.3 Å². The van der Waals surface area contributed by atoms with Gasteiger partial charge in [0.2, 0.25) is 0 Å². The van der Waals surface area contributed by atoms with E-state index >= 15 is 0 Å². The zero-order chi connectivity index (χ0) is 13.7. The van der Waals surface area contributed by atoms with Crippen molar-refractivity contribution in [2.24, 2.45) is 5.92 Å². The Labute approximate surface area is 108 Å². The van der Waals surface area contributed by atoms with Crippen LogP contribution in [0.25, 0.3) is 0 Å². The van der Waals surface area contributed by atoms with Crippen LogP contribution in [0.4, 0.5) is 0 Å². The molecule has 1 N–H and O–H groups in total. The van der Waals surface area contributed by atoms with E-state index in [-0.39, 0.29) is 11.7 Å². The Kier molecular flexibility index (Phi) is 5.16. The van der Waals surface area contributed by atoms with E-state index in [9.17, 15) is 4.79 Å². The number of carbonyl (C=O) groups is 1. The third-order valence-corrected chi connectivity index (χ3v) is 2.97. The average molecular weight is 252 g/mol. The number of carboxylic acids is 1. The summed E-state index contributed by atoms with van der Waals surface area (Å²) in [5, 5.41) is 8.96. The van der Waals surface area contributed by atoms with Crippen LogP contribution >= 0.6 is 0 Å². The van der Waals surface area contributed by atoms with Gasteiger partial charge in [-0.05, 0) is 31.0 Å². The second-order valence-electron chi connectivity index (χ2n) is 4.59. The first-order valence-electron chi connectivity index (χ1n) is 5.97. The van der Waals surface area contributed by atoms with Gasteiger partial charge in [0, 0.05) is 5.56 Å². The Hall–Kier alpha value is -1.55.